The van der Waals surface area contributed by atoms with Crippen LogP contribution in [0, 0.1) is 29.1 Å². The Kier molecular flexibility index (Phi) is 6.31. The molecule has 1 aromatic rings. The first kappa shape index (κ1) is 25.1. The predicted octanol–water partition coefficient (Wildman–Crippen LogP) is 6.16. The van der Waals surface area contributed by atoms with Crippen molar-refractivity contribution in [2.45, 2.75) is 83.9 Å². The first-order chi connectivity index (χ1) is 15.7. The quantitative estimate of drug-likeness (QED) is 0.553. The van der Waals surface area contributed by atoms with Crippen LogP contribution in [0.2, 0.25) is 0 Å². The number of nitrogens with zero attached hydrogens (tertiary/aromatic N) is 1. The maximum Gasteiger partial charge on any atom is 0.392 e. The van der Waals surface area contributed by atoms with Gasteiger partial charge in [-0.15, -0.1) is 0 Å². The third kappa shape index (κ3) is 4.35. The van der Waals surface area contributed by atoms with Crippen molar-refractivity contribution in [3.63, 3.8) is 0 Å². The van der Waals surface area contributed by atoms with Crippen LogP contribution >= 0.6 is 0 Å². The van der Waals surface area contributed by atoms with Crippen LogP contribution in [0.15, 0.2) is 24.3 Å². The number of anilines is 1. The van der Waals surface area contributed by atoms with E-state index in [9.17, 15) is 22.8 Å². The second-order valence-corrected chi connectivity index (χ2v) is 11.9. The minimum atomic E-state index is -4.42. The normalized spacial score (nSPS) is 34.3. The molecule has 2 amide bonds. The summed E-state index contributed by atoms with van der Waals surface area (Å²) in [6, 6.07) is 7.44. The molecule has 1 aromatic carbocycles. The van der Waals surface area contributed by atoms with Gasteiger partial charge in [-0.05, 0) is 72.5 Å². The Bertz CT molecular complexity index is 954. The zero-order chi connectivity index (χ0) is 25.1. The van der Waals surface area contributed by atoms with Crippen molar-refractivity contribution in [1.82, 2.24) is 4.90 Å². The summed E-state index contributed by atoms with van der Waals surface area (Å²) >= 11 is 0. The topological polar surface area (TPSA) is 49.4 Å². The Morgan fingerprint density at radius 2 is 1.82 bits per heavy atom. The van der Waals surface area contributed by atoms with Gasteiger partial charge in [0.2, 0.25) is 11.8 Å². The third-order valence-corrected chi connectivity index (χ3v) is 9.04. The molecule has 1 heterocycles. The molecule has 2 saturated carbocycles. The number of fused-ring (bicyclic) bond motifs is 3. The molecular weight excluding hydrogens is 441 g/mol. The van der Waals surface area contributed by atoms with Crippen LogP contribution in [-0.2, 0) is 15.0 Å². The van der Waals surface area contributed by atoms with Crippen molar-refractivity contribution in [2.75, 3.05) is 12.4 Å². The van der Waals surface area contributed by atoms with E-state index in [4.69, 9.17) is 0 Å². The van der Waals surface area contributed by atoms with E-state index in [1.54, 1.807) is 6.07 Å². The lowest BCUT2D eigenvalue weighted by Crippen LogP contribution is -2.62. The van der Waals surface area contributed by atoms with Gasteiger partial charge in [0.1, 0.15) is 0 Å². The van der Waals surface area contributed by atoms with Crippen molar-refractivity contribution in [2.24, 2.45) is 29.1 Å². The van der Waals surface area contributed by atoms with Crippen LogP contribution in [0.3, 0.4) is 0 Å². The molecule has 0 radical (unpaired) electrons. The number of alkyl halides is 3. The van der Waals surface area contributed by atoms with E-state index in [-0.39, 0.29) is 41.0 Å². The fourth-order valence-electron chi connectivity index (χ4n) is 7.18. The lowest BCUT2D eigenvalue weighted by molar-refractivity contribution is -0.219. The van der Waals surface area contributed by atoms with Gasteiger partial charge in [-0.3, -0.25) is 9.59 Å². The van der Waals surface area contributed by atoms with Gasteiger partial charge in [-0.2, -0.15) is 13.2 Å². The number of nitrogens with one attached hydrogen (secondary N) is 1. The fourth-order valence-corrected chi connectivity index (χ4v) is 7.18. The Hall–Kier alpha value is -2.05. The fraction of sp³-hybridized carbons (Fsp3) is 0.704. The van der Waals surface area contributed by atoms with Crippen LogP contribution in [0.25, 0.3) is 0 Å². The number of rotatable bonds is 2. The summed E-state index contributed by atoms with van der Waals surface area (Å²) in [5, 5.41) is 2.86. The summed E-state index contributed by atoms with van der Waals surface area (Å²) in [5.41, 5.74) is 1.17. The van der Waals surface area contributed by atoms with E-state index in [0.717, 1.165) is 5.56 Å². The van der Waals surface area contributed by atoms with E-state index < -0.39 is 23.9 Å². The Labute approximate surface area is 200 Å². The maximum absolute atomic E-state index is 14.2. The largest absolute Gasteiger partial charge is 0.392 e. The number of halogens is 3. The first-order valence-electron chi connectivity index (χ1n) is 12.5. The Morgan fingerprint density at radius 1 is 1.12 bits per heavy atom. The van der Waals surface area contributed by atoms with Crippen LogP contribution in [-0.4, -0.2) is 36.0 Å². The monoisotopic (exact) mass is 478 g/mol. The van der Waals surface area contributed by atoms with E-state index in [1.807, 2.05) is 30.1 Å². The number of carbonyl (C=O) groups is 2. The molecule has 0 aromatic heterocycles. The number of carbonyl (C=O) groups excluding carboxylic acids is 2. The number of benzene rings is 1. The van der Waals surface area contributed by atoms with E-state index >= 15 is 0 Å². The van der Waals surface area contributed by atoms with Crippen LogP contribution in [0.1, 0.15) is 71.8 Å². The highest BCUT2D eigenvalue weighted by Crippen LogP contribution is 2.60. The van der Waals surface area contributed by atoms with Gasteiger partial charge in [0.25, 0.3) is 0 Å². The second kappa shape index (κ2) is 8.56. The van der Waals surface area contributed by atoms with Crippen molar-refractivity contribution >= 4 is 17.5 Å². The van der Waals surface area contributed by atoms with Crippen LogP contribution in [0.5, 0.6) is 0 Å². The minimum absolute atomic E-state index is 0.00272. The number of hydrogen-bond donors (Lipinski definition) is 1. The summed E-state index contributed by atoms with van der Waals surface area (Å²) in [7, 11) is 1.82. The molecule has 188 valence electrons. The zero-order valence-electron chi connectivity index (χ0n) is 20.8. The molecule has 1 N–H and O–H groups in total. The zero-order valence-corrected chi connectivity index (χ0v) is 20.8. The average molecular weight is 479 g/mol. The number of likely N-dealkylation sites (tertiary alicyclic amines) is 1. The van der Waals surface area contributed by atoms with Crippen molar-refractivity contribution in [3.05, 3.63) is 29.8 Å². The highest BCUT2D eigenvalue weighted by atomic mass is 19.4. The van der Waals surface area contributed by atoms with E-state index in [1.165, 1.54) is 0 Å². The molecule has 2 aliphatic carbocycles. The molecule has 6 atom stereocenters. The lowest BCUT2D eigenvalue weighted by Gasteiger charge is -2.60. The highest BCUT2D eigenvalue weighted by Gasteiger charge is 2.61. The predicted molar refractivity (Wildman–Crippen MR) is 126 cm³/mol. The van der Waals surface area contributed by atoms with Crippen LogP contribution in [0.4, 0.5) is 18.9 Å². The van der Waals surface area contributed by atoms with Gasteiger partial charge >= 0.3 is 6.18 Å². The lowest BCUT2D eigenvalue weighted by atomic mass is 9.49. The van der Waals surface area contributed by atoms with E-state index in [2.05, 4.69) is 33.0 Å². The SMILES string of the molecule is CN1C(=O)CC[C@]2(C)C3CCC(C(F)(F)F)C(C(=O)Nc4cccc(C(C)(C)C)c4)C3CCC12. The molecule has 4 rings (SSSR count). The van der Waals surface area contributed by atoms with Gasteiger partial charge in [-0.25, -0.2) is 0 Å². The van der Waals surface area contributed by atoms with Gasteiger partial charge in [-0.1, -0.05) is 39.8 Å². The molecule has 7 heteroatoms. The standard InChI is InChI=1S/C27H37F3N2O2/c1-25(2,3)16-7-6-8-17(15-16)31-24(34)23-18-9-12-21-26(4,14-13-22(33)32(21)5)19(18)10-11-20(23)27(28,29)30/h6-8,15,18-21,23H,9-14H2,1-5H3,(H,31,34)/t18?,19?,20?,21?,23?,26-/m1/s1. The summed E-state index contributed by atoms with van der Waals surface area (Å²) in [6.45, 7) is 8.31. The van der Waals surface area contributed by atoms with Gasteiger partial charge < -0.3 is 10.2 Å². The molecule has 0 spiro atoms. The van der Waals surface area contributed by atoms with E-state index in [0.29, 0.717) is 37.8 Å². The molecule has 3 aliphatic rings. The molecule has 1 aliphatic heterocycles. The number of piperidine rings is 1. The van der Waals surface area contributed by atoms with Gasteiger partial charge in [0.05, 0.1) is 11.8 Å². The van der Waals surface area contributed by atoms with Crippen LogP contribution < -0.4 is 5.32 Å². The molecule has 4 nitrogen and oxygen atoms in total. The summed E-state index contributed by atoms with van der Waals surface area (Å²) in [6.07, 6.45) is -1.72. The summed E-state index contributed by atoms with van der Waals surface area (Å²) < 4.78 is 42.5. The minimum Gasteiger partial charge on any atom is -0.342 e. The van der Waals surface area contributed by atoms with Gasteiger partial charge in [0.15, 0.2) is 0 Å². The van der Waals surface area contributed by atoms with Crippen molar-refractivity contribution in [3.8, 4) is 0 Å². The number of amides is 2. The first-order valence-corrected chi connectivity index (χ1v) is 12.5. The summed E-state index contributed by atoms with van der Waals surface area (Å²) in [5.74, 6) is -3.50. The second-order valence-electron chi connectivity index (χ2n) is 11.9. The number of hydrogen-bond acceptors (Lipinski definition) is 2. The Balaban J connectivity index is 1.65. The molecule has 34 heavy (non-hydrogen) atoms. The van der Waals surface area contributed by atoms with Crippen molar-refractivity contribution < 1.29 is 22.8 Å². The average Bonchev–Trinajstić information content (AvgIpc) is 2.74. The molecule has 5 unspecified atom stereocenters. The van der Waals surface area contributed by atoms with Crippen molar-refractivity contribution in [1.29, 1.82) is 0 Å². The summed E-state index contributed by atoms with van der Waals surface area (Å²) in [4.78, 5) is 27.7. The molecule has 0 bridgehead atoms. The molecular formula is C27H37F3N2O2. The molecule has 1 saturated heterocycles. The molecule has 3 fully saturated rings. The maximum atomic E-state index is 14.2. The van der Waals surface area contributed by atoms with Gasteiger partial charge in [0, 0.05) is 25.2 Å². The smallest absolute Gasteiger partial charge is 0.342 e. The highest BCUT2D eigenvalue weighted by molar-refractivity contribution is 5.93. The third-order valence-electron chi connectivity index (χ3n) is 9.04. The Morgan fingerprint density at radius 3 is 2.47 bits per heavy atom.